The number of nitrogens with zero attached hydrogens (tertiary/aromatic N) is 1. The Balaban J connectivity index is 1.42. The van der Waals surface area contributed by atoms with E-state index in [1.165, 1.54) is 41.0 Å². The minimum absolute atomic E-state index is 0.828. The van der Waals surface area contributed by atoms with Crippen LogP contribution < -0.4 is 14.4 Å². The van der Waals surface area contributed by atoms with Crippen LogP contribution in [-0.4, -0.2) is 14.2 Å². The maximum atomic E-state index is 5.41. The third kappa shape index (κ3) is 5.87. The van der Waals surface area contributed by atoms with Crippen LogP contribution in [0.2, 0.25) is 0 Å². The van der Waals surface area contributed by atoms with Crippen molar-refractivity contribution in [2.45, 2.75) is 0 Å². The molecule has 0 fully saturated rings. The molecule has 3 nitrogen and oxygen atoms in total. The first-order chi connectivity index (χ1) is 20.2. The number of benzene rings is 5. The SMILES string of the molecule is COc1ccc(N(c2ccc(OC)cc2)c2ccc(-c3cc(-c4ccccc4)pc(-c4ccccc4)c3)cc2)cc1. The lowest BCUT2D eigenvalue weighted by Gasteiger charge is -2.26. The molecule has 0 radical (unpaired) electrons. The van der Waals surface area contributed by atoms with Gasteiger partial charge in [0.1, 0.15) is 11.5 Å². The van der Waals surface area contributed by atoms with Gasteiger partial charge in [-0.3, -0.25) is 0 Å². The van der Waals surface area contributed by atoms with E-state index < -0.39 is 0 Å². The van der Waals surface area contributed by atoms with Crippen molar-refractivity contribution in [1.82, 2.24) is 0 Å². The van der Waals surface area contributed by atoms with E-state index in [2.05, 4.69) is 126 Å². The Morgan fingerprint density at radius 1 is 0.415 bits per heavy atom. The topological polar surface area (TPSA) is 21.7 Å². The van der Waals surface area contributed by atoms with Crippen LogP contribution in [0.25, 0.3) is 32.8 Å². The molecule has 0 bridgehead atoms. The Labute approximate surface area is 243 Å². The lowest BCUT2D eigenvalue weighted by atomic mass is 10.0. The fraction of sp³-hybridized carbons (Fsp3) is 0.0541. The van der Waals surface area contributed by atoms with Crippen LogP contribution in [0.1, 0.15) is 0 Å². The lowest BCUT2D eigenvalue weighted by molar-refractivity contribution is 0.415. The van der Waals surface area contributed by atoms with Crippen molar-refractivity contribution in [2.24, 2.45) is 0 Å². The van der Waals surface area contributed by atoms with Gasteiger partial charge < -0.3 is 14.4 Å². The van der Waals surface area contributed by atoms with Gasteiger partial charge in [0.2, 0.25) is 0 Å². The van der Waals surface area contributed by atoms with E-state index in [-0.39, 0.29) is 0 Å². The minimum atomic E-state index is 0.828. The molecule has 1 heterocycles. The molecule has 4 heteroatoms. The average molecular weight is 552 g/mol. The Morgan fingerprint density at radius 2 is 0.805 bits per heavy atom. The van der Waals surface area contributed by atoms with Gasteiger partial charge in [-0.2, -0.15) is 0 Å². The molecule has 0 saturated carbocycles. The lowest BCUT2D eigenvalue weighted by Crippen LogP contribution is -2.09. The number of rotatable bonds is 8. The van der Waals surface area contributed by atoms with Gasteiger partial charge in [0.05, 0.1) is 14.2 Å². The molecule has 41 heavy (non-hydrogen) atoms. The standard InChI is InChI=1S/C37H30NO2P/c1-39-34-21-17-32(18-22-34)38(33-19-23-35(40-2)24-20-33)31-15-13-27(14-16-31)30-25-36(28-9-5-3-6-10-28)41-37(26-30)29-11-7-4-8-12-29/h3-26H,1-2H3. The summed E-state index contributed by atoms with van der Waals surface area (Å²) in [5.74, 6) is 1.66. The highest BCUT2D eigenvalue weighted by Crippen LogP contribution is 2.42. The van der Waals surface area contributed by atoms with Gasteiger partial charge in [-0.1, -0.05) is 81.0 Å². The summed E-state index contributed by atoms with van der Waals surface area (Å²) in [5, 5.41) is 2.59. The van der Waals surface area contributed by atoms with Crippen molar-refractivity contribution >= 4 is 25.3 Å². The molecule has 0 N–H and O–H groups in total. The number of hydrogen-bond donors (Lipinski definition) is 0. The van der Waals surface area contributed by atoms with Gasteiger partial charge in [-0.05, 0) is 95.1 Å². The number of anilines is 3. The third-order valence-corrected chi connectivity index (χ3v) is 8.34. The Bertz CT molecular complexity index is 1610. The van der Waals surface area contributed by atoms with Crippen LogP contribution in [0.4, 0.5) is 17.1 Å². The number of hydrogen-bond acceptors (Lipinski definition) is 3. The predicted octanol–water partition coefficient (Wildman–Crippen LogP) is 10.8. The predicted molar refractivity (Wildman–Crippen MR) is 173 cm³/mol. The van der Waals surface area contributed by atoms with Crippen LogP contribution in [0.3, 0.4) is 0 Å². The molecule has 200 valence electrons. The second kappa shape index (κ2) is 12.1. The summed E-state index contributed by atoms with van der Waals surface area (Å²) in [7, 11) is 4.58. The highest BCUT2D eigenvalue weighted by molar-refractivity contribution is 7.37. The number of ether oxygens (including phenoxy) is 2. The van der Waals surface area contributed by atoms with E-state index in [0.29, 0.717) is 0 Å². The number of methoxy groups -OCH3 is 2. The molecule has 0 aliphatic rings. The summed E-state index contributed by atoms with van der Waals surface area (Å²) in [6.07, 6.45) is 0. The molecular weight excluding hydrogens is 521 g/mol. The zero-order valence-corrected chi connectivity index (χ0v) is 24.0. The first-order valence-corrected chi connectivity index (χ1v) is 14.4. The van der Waals surface area contributed by atoms with Gasteiger partial charge >= 0.3 is 0 Å². The molecule has 0 spiro atoms. The van der Waals surface area contributed by atoms with Crippen molar-refractivity contribution < 1.29 is 9.47 Å². The van der Waals surface area contributed by atoms with E-state index >= 15 is 0 Å². The normalized spacial score (nSPS) is 10.7. The van der Waals surface area contributed by atoms with Crippen LogP contribution in [0, 0.1) is 0 Å². The fourth-order valence-electron chi connectivity index (χ4n) is 4.92. The van der Waals surface area contributed by atoms with Crippen LogP contribution in [-0.2, 0) is 0 Å². The molecule has 0 aliphatic carbocycles. The molecule has 0 amide bonds. The van der Waals surface area contributed by atoms with E-state index in [9.17, 15) is 0 Å². The Kier molecular flexibility index (Phi) is 7.80. The second-order valence-corrected chi connectivity index (χ2v) is 10.8. The molecule has 1 aromatic heterocycles. The van der Waals surface area contributed by atoms with Gasteiger partial charge in [0.15, 0.2) is 0 Å². The quantitative estimate of drug-likeness (QED) is 0.188. The molecule has 0 saturated heterocycles. The van der Waals surface area contributed by atoms with Crippen molar-refractivity contribution in [1.29, 1.82) is 0 Å². The van der Waals surface area contributed by atoms with Crippen molar-refractivity contribution in [3.8, 4) is 44.3 Å². The zero-order valence-electron chi connectivity index (χ0n) is 23.1. The Hall–Kier alpha value is -4.85. The van der Waals surface area contributed by atoms with Gasteiger partial charge in [0, 0.05) is 27.7 Å². The molecule has 0 unspecified atom stereocenters. The van der Waals surface area contributed by atoms with E-state index in [4.69, 9.17) is 9.47 Å². The molecule has 0 atom stereocenters. The maximum Gasteiger partial charge on any atom is 0.119 e. The van der Waals surface area contributed by atoms with Crippen LogP contribution in [0.5, 0.6) is 11.5 Å². The van der Waals surface area contributed by atoms with Gasteiger partial charge in [0.25, 0.3) is 0 Å². The van der Waals surface area contributed by atoms with Gasteiger partial charge in [-0.15, -0.1) is 0 Å². The first-order valence-electron chi connectivity index (χ1n) is 13.5. The van der Waals surface area contributed by atoms with E-state index in [1.54, 1.807) is 14.2 Å². The Morgan fingerprint density at radius 3 is 1.20 bits per heavy atom. The highest BCUT2D eigenvalue weighted by Gasteiger charge is 2.14. The highest BCUT2D eigenvalue weighted by atomic mass is 31.0. The maximum absolute atomic E-state index is 5.41. The van der Waals surface area contributed by atoms with E-state index in [0.717, 1.165) is 28.6 Å². The second-order valence-electron chi connectivity index (χ2n) is 9.64. The summed E-state index contributed by atoms with van der Waals surface area (Å²) in [5.41, 5.74) is 8.03. The van der Waals surface area contributed by atoms with Crippen molar-refractivity contribution in [3.63, 3.8) is 0 Å². The molecule has 6 rings (SSSR count). The average Bonchev–Trinajstić information content (AvgIpc) is 3.06. The molecule has 6 aromatic rings. The summed E-state index contributed by atoms with van der Waals surface area (Å²) < 4.78 is 10.8. The van der Waals surface area contributed by atoms with Crippen molar-refractivity contribution in [3.05, 3.63) is 146 Å². The summed E-state index contributed by atoms with van der Waals surface area (Å²) in [6.45, 7) is 0. The first kappa shape index (κ1) is 26.4. The molecule has 0 aliphatic heterocycles. The molecular formula is C37H30NO2P. The van der Waals surface area contributed by atoms with Crippen LogP contribution in [0.15, 0.2) is 146 Å². The van der Waals surface area contributed by atoms with Gasteiger partial charge in [-0.25, -0.2) is 0 Å². The summed E-state index contributed by atoms with van der Waals surface area (Å²) in [6, 6.07) is 51.0. The third-order valence-electron chi connectivity index (χ3n) is 7.08. The smallest absolute Gasteiger partial charge is 0.119 e. The summed E-state index contributed by atoms with van der Waals surface area (Å²) >= 11 is 0. The van der Waals surface area contributed by atoms with Crippen LogP contribution >= 0.6 is 8.19 Å². The monoisotopic (exact) mass is 551 g/mol. The summed E-state index contributed by atoms with van der Waals surface area (Å²) in [4.78, 5) is 2.24. The largest absolute Gasteiger partial charge is 0.497 e. The molecule has 5 aromatic carbocycles. The zero-order chi connectivity index (χ0) is 28.0. The van der Waals surface area contributed by atoms with E-state index in [1.807, 2.05) is 24.3 Å². The van der Waals surface area contributed by atoms with Crippen molar-refractivity contribution in [2.75, 3.05) is 19.1 Å². The fourth-order valence-corrected chi connectivity index (χ4v) is 6.15. The minimum Gasteiger partial charge on any atom is -0.497 e.